The van der Waals surface area contributed by atoms with Crippen molar-refractivity contribution in [3.05, 3.63) is 29.8 Å². The summed E-state index contributed by atoms with van der Waals surface area (Å²) in [4.78, 5) is 0. The Morgan fingerprint density at radius 1 is 1.28 bits per heavy atom. The molecule has 0 bridgehead atoms. The predicted octanol–water partition coefficient (Wildman–Crippen LogP) is 1.83. The lowest BCUT2D eigenvalue weighted by Crippen LogP contribution is -2.34. The van der Waals surface area contributed by atoms with Gasteiger partial charge in [0.15, 0.2) is 0 Å². The zero-order chi connectivity index (χ0) is 12.6. The fourth-order valence-corrected chi connectivity index (χ4v) is 2.52. The molecule has 0 amide bonds. The number of para-hydroxylation sites is 1. The largest absolute Gasteiger partial charge is 0.496 e. The van der Waals surface area contributed by atoms with Crippen molar-refractivity contribution in [3.8, 4) is 5.75 Å². The van der Waals surface area contributed by atoms with Gasteiger partial charge in [0, 0.05) is 0 Å². The van der Waals surface area contributed by atoms with E-state index in [1.165, 1.54) is 31.5 Å². The lowest BCUT2D eigenvalue weighted by Gasteiger charge is -2.22. The average molecular weight is 248 g/mol. The average Bonchev–Trinajstić information content (AvgIpc) is 2.45. The van der Waals surface area contributed by atoms with Crippen molar-refractivity contribution < 1.29 is 4.74 Å². The second-order valence-corrected chi connectivity index (χ2v) is 4.96. The summed E-state index contributed by atoms with van der Waals surface area (Å²) in [6.07, 6.45) is 3.65. The Kier molecular flexibility index (Phi) is 5.49. The smallest absolute Gasteiger partial charge is 0.122 e. The number of hydrogen-bond donors (Lipinski definition) is 2. The standard InChI is InChI=1S/C15H24N2O/c1-18-15-5-3-2-4-14(15)8-11-17-12-13-6-9-16-10-7-13/h2-5,13,16-17H,6-12H2,1H3. The van der Waals surface area contributed by atoms with Gasteiger partial charge in [0.25, 0.3) is 0 Å². The number of methoxy groups -OCH3 is 1. The van der Waals surface area contributed by atoms with Crippen LogP contribution in [0.5, 0.6) is 5.75 Å². The van der Waals surface area contributed by atoms with Crippen molar-refractivity contribution in [3.63, 3.8) is 0 Å². The molecule has 1 aliphatic rings. The first kappa shape index (κ1) is 13.4. The van der Waals surface area contributed by atoms with Gasteiger partial charge in [0.05, 0.1) is 7.11 Å². The van der Waals surface area contributed by atoms with Crippen LogP contribution in [-0.4, -0.2) is 33.3 Å². The maximum atomic E-state index is 5.36. The van der Waals surface area contributed by atoms with E-state index in [0.29, 0.717) is 0 Å². The van der Waals surface area contributed by atoms with Gasteiger partial charge in [0.2, 0.25) is 0 Å². The molecule has 0 unspecified atom stereocenters. The van der Waals surface area contributed by atoms with Crippen molar-refractivity contribution in [2.24, 2.45) is 5.92 Å². The highest BCUT2D eigenvalue weighted by atomic mass is 16.5. The van der Waals surface area contributed by atoms with Gasteiger partial charge in [0.1, 0.15) is 5.75 Å². The molecule has 18 heavy (non-hydrogen) atoms. The summed E-state index contributed by atoms with van der Waals surface area (Å²) in [5, 5.41) is 6.97. The lowest BCUT2D eigenvalue weighted by atomic mass is 9.98. The second kappa shape index (κ2) is 7.39. The van der Waals surface area contributed by atoms with E-state index < -0.39 is 0 Å². The van der Waals surface area contributed by atoms with Gasteiger partial charge in [-0.15, -0.1) is 0 Å². The summed E-state index contributed by atoms with van der Waals surface area (Å²) in [6, 6.07) is 8.27. The van der Waals surface area contributed by atoms with Gasteiger partial charge in [-0.05, 0) is 63.0 Å². The van der Waals surface area contributed by atoms with E-state index in [9.17, 15) is 0 Å². The molecule has 1 fully saturated rings. The van der Waals surface area contributed by atoms with Crippen LogP contribution in [0.25, 0.3) is 0 Å². The van der Waals surface area contributed by atoms with Crippen LogP contribution >= 0.6 is 0 Å². The number of ether oxygens (including phenoxy) is 1. The molecule has 1 aromatic rings. The molecule has 0 radical (unpaired) electrons. The third-order valence-electron chi connectivity index (χ3n) is 3.66. The topological polar surface area (TPSA) is 33.3 Å². The van der Waals surface area contributed by atoms with Crippen molar-refractivity contribution in [1.82, 2.24) is 10.6 Å². The molecule has 1 aromatic carbocycles. The normalized spacial score (nSPS) is 16.7. The van der Waals surface area contributed by atoms with Crippen LogP contribution in [0, 0.1) is 5.92 Å². The molecular weight excluding hydrogens is 224 g/mol. The van der Waals surface area contributed by atoms with Crippen LogP contribution in [0.1, 0.15) is 18.4 Å². The molecule has 3 heteroatoms. The van der Waals surface area contributed by atoms with Gasteiger partial charge >= 0.3 is 0 Å². The SMILES string of the molecule is COc1ccccc1CCNCC1CCNCC1. The van der Waals surface area contributed by atoms with E-state index in [0.717, 1.165) is 31.2 Å². The Balaban J connectivity index is 1.68. The fourth-order valence-electron chi connectivity index (χ4n) is 2.52. The first-order chi connectivity index (χ1) is 8.90. The van der Waals surface area contributed by atoms with E-state index in [2.05, 4.69) is 22.8 Å². The first-order valence-corrected chi connectivity index (χ1v) is 6.93. The Labute approximate surface area is 110 Å². The molecule has 1 aliphatic heterocycles. The Bertz CT molecular complexity index is 348. The Hall–Kier alpha value is -1.06. The van der Waals surface area contributed by atoms with Gasteiger partial charge in [-0.25, -0.2) is 0 Å². The van der Waals surface area contributed by atoms with Crippen LogP contribution in [-0.2, 0) is 6.42 Å². The molecule has 100 valence electrons. The van der Waals surface area contributed by atoms with Crippen LogP contribution in [0.3, 0.4) is 0 Å². The molecule has 0 saturated carbocycles. The lowest BCUT2D eigenvalue weighted by molar-refractivity contribution is 0.357. The van der Waals surface area contributed by atoms with Crippen molar-refractivity contribution in [2.45, 2.75) is 19.3 Å². The first-order valence-electron chi connectivity index (χ1n) is 6.93. The van der Waals surface area contributed by atoms with E-state index >= 15 is 0 Å². The summed E-state index contributed by atoms with van der Waals surface area (Å²) in [5.74, 6) is 1.85. The molecule has 0 spiro atoms. The summed E-state index contributed by atoms with van der Waals surface area (Å²) in [7, 11) is 1.74. The monoisotopic (exact) mass is 248 g/mol. The van der Waals surface area contributed by atoms with Crippen molar-refractivity contribution >= 4 is 0 Å². The van der Waals surface area contributed by atoms with Crippen LogP contribution in [0.4, 0.5) is 0 Å². The van der Waals surface area contributed by atoms with Crippen LogP contribution in [0.15, 0.2) is 24.3 Å². The third-order valence-corrected chi connectivity index (χ3v) is 3.66. The van der Waals surface area contributed by atoms with Gasteiger partial charge < -0.3 is 15.4 Å². The highest BCUT2D eigenvalue weighted by Gasteiger charge is 2.11. The van der Waals surface area contributed by atoms with Gasteiger partial charge in [-0.3, -0.25) is 0 Å². The Morgan fingerprint density at radius 2 is 2.06 bits per heavy atom. The molecule has 1 saturated heterocycles. The minimum absolute atomic E-state index is 0.851. The minimum atomic E-state index is 0.851. The number of benzene rings is 1. The van der Waals surface area contributed by atoms with E-state index in [-0.39, 0.29) is 0 Å². The van der Waals surface area contributed by atoms with E-state index in [4.69, 9.17) is 4.74 Å². The number of nitrogens with one attached hydrogen (secondary N) is 2. The van der Waals surface area contributed by atoms with Gasteiger partial charge in [-0.2, -0.15) is 0 Å². The highest BCUT2D eigenvalue weighted by molar-refractivity contribution is 5.33. The molecule has 0 atom stereocenters. The zero-order valence-electron chi connectivity index (χ0n) is 11.2. The number of hydrogen-bond acceptors (Lipinski definition) is 3. The third kappa shape index (κ3) is 4.00. The maximum absolute atomic E-state index is 5.36. The zero-order valence-corrected chi connectivity index (χ0v) is 11.2. The molecule has 0 aliphatic carbocycles. The molecule has 2 N–H and O–H groups in total. The second-order valence-electron chi connectivity index (χ2n) is 4.96. The fraction of sp³-hybridized carbons (Fsp3) is 0.600. The molecule has 2 rings (SSSR count). The predicted molar refractivity (Wildman–Crippen MR) is 75.2 cm³/mol. The summed E-state index contributed by atoms with van der Waals surface area (Å²) >= 11 is 0. The molecule has 3 nitrogen and oxygen atoms in total. The quantitative estimate of drug-likeness (QED) is 0.754. The van der Waals surface area contributed by atoms with Gasteiger partial charge in [-0.1, -0.05) is 18.2 Å². The van der Waals surface area contributed by atoms with Crippen LogP contribution in [0.2, 0.25) is 0 Å². The molecular formula is C15H24N2O. The molecule has 1 heterocycles. The maximum Gasteiger partial charge on any atom is 0.122 e. The summed E-state index contributed by atoms with van der Waals surface area (Å²) in [5.41, 5.74) is 1.29. The summed E-state index contributed by atoms with van der Waals surface area (Å²) < 4.78 is 5.36. The Morgan fingerprint density at radius 3 is 2.83 bits per heavy atom. The van der Waals surface area contributed by atoms with Crippen LogP contribution < -0.4 is 15.4 Å². The van der Waals surface area contributed by atoms with Crippen molar-refractivity contribution in [2.75, 3.05) is 33.3 Å². The van der Waals surface area contributed by atoms with Crippen molar-refractivity contribution in [1.29, 1.82) is 0 Å². The number of rotatable bonds is 6. The molecule has 0 aromatic heterocycles. The van der Waals surface area contributed by atoms with E-state index in [1.807, 2.05) is 12.1 Å². The number of piperidine rings is 1. The van der Waals surface area contributed by atoms with E-state index in [1.54, 1.807) is 7.11 Å². The summed E-state index contributed by atoms with van der Waals surface area (Å²) in [6.45, 7) is 4.54. The highest BCUT2D eigenvalue weighted by Crippen LogP contribution is 2.17. The minimum Gasteiger partial charge on any atom is -0.496 e.